The van der Waals surface area contributed by atoms with Crippen LogP contribution in [0.15, 0.2) is 36.4 Å². The van der Waals surface area contributed by atoms with Crippen LogP contribution in [0.4, 0.5) is 11.4 Å². The van der Waals surface area contributed by atoms with E-state index in [9.17, 15) is 0 Å². The molecule has 0 unspecified atom stereocenters. The van der Waals surface area contributed by atoms with Gasteiger partial charge >= 0.3 is 0 Å². The number of nitrogen functional groups attached to an aromatic ring is 1. The van der Waals surface area contributed by atoms with Crippen LogP contribution in [0.5, 0.6) is 0 Å². The molecule has 0 fully saturated rings. The van der Waals surface area contributed by atoms with Crippen LogP contribution in [0.3, 0.4) is 0 Å². The summed E-state index contributed by atoms with van der Waals surface area (Å²) in [5.41, 5.74) is 8.64. The zero-order chi connectivity index (χ0) is 14.1. The normalized spacial score (nSPS) is 10.4. The summed E-state index contributed by atoms with van der Waals surface area (Å²) in [6, 6.07) is 7.85. The number of methoxy groups -OCH3 is 1. The maximum atomic E-state index is 5.70. The van der Waals surface area contributed by atoms with Crippen molar-refractivity contribution in [2.75, 3.05) is 50.7 Å². The molecule has 0 saturated heterocycles. The van der Waals surface area contributed by atoms with Crippen LogP contribution >= 0.6 is 0 Å². The summed E-state index contributed by atoms with van der Waals surface area (Å²) in [6.07, 6.45) is 0. The van der Waals surface area contributed by atoms with E-state index >= 15 is 0 Å². The van der Waals surface area contributed by atoms with Crippen LogP contribution in [-0.4, -0.2) is 40.0 Å². The second-order valence-electron chi connectivity index (χ2n) is 4.58. The second-order valence-corrected chi connectivity index (χ2v) is 4.58. The molecule has 1 aromatic carbocycles. The average Bonchev–Trinajstić information content (AvgIpc) is 2.39. The van der Waals surface area contributed by atoms with Crippen LogP contribution < -0.4 is 10.6 Å². The van der Waals surface area contributed by atoms with E-state index in [0.29, 0.717) is 19.8 Å². The van der Waals surface area contributed by atoms with E-state index in [4.69, 9.17) is 15.2 Å². The maximum absolute atomic E-state index is 5.70. The van der Waals surface area contributed by atoms with Crippen molar-refractivity contribution in [3.8, 4) is 0 Å². The van der Waals surface area contributed by atoms with Gasteiger partial charge in [0.2, 0.25) is 0 Å². The minimum atomic E-state index is 0.611. The number of anilines is 2. The molecule has 0 aliphatic carbocycles. The van der Waals surface area contributed by atoms with E-state index in [1.54, 1.807) is 7.11 Å². The summed E-state index contributed by atoms with van der Waals surface area (Å²) in [5, 5.41) is 0. The minimum absolute atomic E-state index is 0.611. The molecule has 1 aromatic rings. The molecule has 2 N–H and O–H groups in total. The van der Waals surface area contributed by atoms with Gasteiger partial charge in [-0.2, -0.15) is 0 Å². The van der Waals surface area contributed by atoms with E-state index in [0.717, 1.165) is 30.0 Å². The average molecular weight is 264 g/mol. The third kappa shape index (κ3) is 6.27. The number of benzene rings is 1. The number of rotatable bonds is 9. The van der Waals surface area contributed by atoms with Crippen molar-refractivity contribution in [3.05, 3.63) is 36.4 Å². The Labute approximate surface area is 115 Å². The molecule has 19 heavy (non-hydrogen) atoms. The third-order valence-corrected chi connectivity index (χ3v) is 2.68. The van der Waals surface area contributed by atoms with Gasteiger partial charge in [0, 0.05) is 31.6 Å². The number of hydrogen-bond donors (Lipinski definition) is 1. The molecule has 0 aromatic heterocycles. The fraction of sp³-hybridized carbons (Fsp3) is 0.467. The van der Waals surface area contributed by atoms with Gasteiger partial charge in [-0.3, -0.25) is 0 Å². The zero-order valence-electron chi connectivity index (χ0n) is 11.9. The lowest BCUT2D eigenvalue weighted by Crippen LogP contribution is -2.30. The second kappa shape index (κ2) is 8.56. The molecule has 0 aliphatic heterocycles. The fourth-order valence-electron chi connectivity index (χ4n) is 1.68. The Kier molecular flexibility index (Phi) is 7.00. The monoisotopic (exact) mass is 264 g/mol. The topological polar surface area (TPSA) is 47.7 Å². The number of nitrogens with zero attached hydrogens (tertiary/aromatic N) is 1. The number of hydrogen-bond acceptors (Lipinski definition) is 4. The summed E-state index contributed by atoms with van der Waals surface area (Å²) >= 11 is 0. The highest BCUT2D eigenvalue weighted by Gasteiger charge is 2.06. The van der Waals surface area contributed by atoms with E-state index in [1.165, 1.54) is 0 Å². The lowest BCUT2D eigenvalue weighted by Gasteiger charge is -2.24. The first-order chi connectivity index (χ1) is 9.13. The molecular weight excluding hydrogens is 240 g/mol. The van der Waals surface area contributed by atoms with Gasteiger partial charge in [0.05, 0.1) is 19.8 Å². The van der Waals surface area contributed by atoms with Crippen LogP contribution in [0.2, 0.25) is 0 Å². The molecule has 0 amide bonds. The Morgan fingerprint density at radius 1 is 1.21 bits per heavy atom. The Hall–Kier alpha value is -1.52. The van der Waals surface area contributed by atoms with Crippen molar-refractivity contribution in [2.45, 2.75) is 6.92 Å². The largest absolute Gasteiger partial charge is 0.399 e. The zero-order valence-corrected chi connectivity index (χ0v) is 11.9. The number of ether oxygens (including phenoxy) is 2. The van der Waals surface area contributed by atoms with Gasteiger partial charge in [-0.1, -0.05) is 12.2 Å². The first-order valence-electron chi connectivity index (χ1n) is 6.45. The molecule has 4 heteroatoms. The highest BCUT2D eigenvalue weighted by Crippen LogP contribution is 2.15. The molecular formula is C15H24N2O2. The van der Waals surface area contributed by atoms with Gasteiger partial charge < -0.3 is 20.1 Å². The minimum Gasteiger partial charge on any atom is -0.399 e. The standard InChI is InChI=1S/C15H24N2O2/c1-13(2)12-19-11-9-17(8-10-18-3)15-6-4-14(16)5-7-15/h4-7H,1,8-12,16H2,2-3H3. The van der Waals surface area contributed by atoms with Crippen molar-refractivity contribution in [3.63, 3.8) is 0 Å². The Balaban J connectivity index is 2.51. The maximum Gasteiger partial charge on any atom is 0.0672 e. The molecule has 106 valence electrons. The molecule has 0 bridgehead atoms. The van der Waals surface area contributed by atoms with Crippen molar-refractivity contribution >= 4 is 11.4 Å². The third-order valence-electron chi connectivity index (χ3n) is 2.68. The van der Waals surface area contributed by atoms with Gasteiger partial charge in [0.1, 0.15) is 0 Å². The van der Waals surface area contributed by atoms with Crippen molar-refractivity contribution in [1.82, 2.24) is 0 Å². The SMILES string of the molecule is C=C(C)COCCN(CCOC)c1ccc(N)cc1. The quantitative estimate of drug-likeness (QED) is 0.422. The summed E-state index contributed by atoms with van der Waals surface area (Å²) in [4.78, 5) is 2.22. The predicted molar refractivity (Wildman–Crippen MR) is 80.6 cm³/mol. The van der Waals surface area contributed by atoms with Crippen molar-refractivity contribution in [1.29, 1.82) is 0 Å². The van der Waals surface area contributed by atoms with Gasteiger partial charge in [-0.25, -0.2) is 0 Å². The molecule has 0 radical (unpaired) electrons. The van der Waals surface area contributed by atoms with Crippen LogP contribution in [0.1, 0.15) is 6.92 Å². The molecule has 0 spiro atoms. The van der Waals surface area contributed by atoms with Crippen LogP contribution in [0.25, 0.3) is 0 Å². The smallest absolute Gasteiger partial charge is 0.0672 e. The van der Waals surface area contributed by atoms with E-state index in [2.05, 4.69) is 11.5 Å². The van der Waals surface area contributed by atoms with Crippen molar-refractivity contribution < 1.29 is 9.47 Å². The van der Waals surface area contributed by atoms with Gasteiger partial charge in [0.25, 0.3) is 0 Å². The number of nitrogens with two attached hydrogens (primary N) is 1. The van der Waals surface area contributed by atoms with Gasteiger partial charge in [-0.05, 0) is 31.2 Å². The molecule has 0 saturated carbocycles. The molecule has 0 heterocycles. The van der Waals surface area contributed by atoms with Crippen LogP contribution in [-0.2, 0) is 9.47 Å². The van der Waals surface area contributed by atoms with Crippen LogP contribution in [0, 0.1) is 0 Å². The van der Waals surface area contributed by atoms with Gasteiger partial charge in [-0.15, -0.1) is 0 Å². The highest BCUT2D eigenvalue weighted by molar-refractivity contribution is 5.53. The molecule has 0 aliphatic rings. The summed E-state index contributed by atoms with van der Waals surface area (Å²) < 4.78 is 10.7. The molecule has 1 rings (SSSR count). The fourth-order valence-corrected chi connectivity index (χ4v) is 1.68. The molecule has 4 nitrogen and oxygen atoms in total. The summed E-state index contributed by atoms with van der Waals surface area (Å²) in [7, 11) is 1.71. The predicted octanol–water partition coefficient (Wildman–Crippen LogP) is 2.31. The summed E-state index contributed by atoms with van der Waals surface area (Å²) in [6.45, 7) is 9.39. The highest BCUT2D eigenvalue weighted by atomic mass is 16.5. The first-order valence-corrected chi connectivity index (χ1v) is 6.45. The lowest BCUT2D eigenvalue weighted by molar-refractivity contribution is 0.159. The molecule has 0 atom stereocenters. The summed E-state index contributed by atoms with van der Waals surface area (Å²) in [5.74, 6) is 0. The first kappa shape index (κ1) is 15.5. The van der Waals surface area contributed by atoms with Crippen molar-refractivity contribution in [2.24, 2.45) is 0 Å². The van der Waals surface area contributed by atoms with Gasteiger partial charge in [0.15, 0.2) is 0 Å². The lowest BCUT2D eigenvalue weighted by atomic mass is 10.2. The van der Waals surface area contributed by atoms with E-state index in [-0.39, 0.29) is 0 Å². The Morgan fingerprint density at radius 3 is 2.42 bits per heavy atom. The Morgan fingerprint density at radius 2 is 1.84 bits per heavy atom. The van der Waals surface area contributed by atoms with E-state index < -0.39 is 0 Å². The van der Waals surface area contributed by atoms with E-state index in [1.807, 2.05) is 31.2 Å². The Bertz CT molecular complexity index is 376.